The molecule has 0 amide bonds. The van der Waals surface area contributed by atoms with E-state index in [1.54, 1.807) is 0 Å². The average Bonchev–Trinajstić information content (AvgIpc) is 2.86. The number of ether oxygens (including phenoxy) is 4. The zero-order valence-corrected chi connectivity index (χ0v) is 18.3. The molecule has 0 bridgehead atoms. The summed E-state index contributed by atoms with van der Waals surface area (Å²) in [5, 5.41) is 10.2. The lowest BCUT2D eigenvalue weighted by Gasteiger charge is -2.41. The lowest BCUT2D eigenvalue weighted by atomic mass is 9.99. The standard InChI is InChI=1S/C27H29FO5/c28-24-26(32-18-22-14-8-3-9-15-22)25(31-17-21-12-6-2-7-13-21)23(33-27(24)29)19-30-16-20-10-4-1-5-11-20/h1-15,23-27,29H,16-19H2/t23-,24-,25+,26-,27?/m1/s1. The van der Waals surface area contributed by atoms with Gasteiger partial charge in [-0.3, -0.25) is 0 Å². The zero-order valence-electron chi connectivity index (χ0n) is 18.3. The molecule has 0 aliphatic carbocycles. The number of aliphatic hydroxyl groups excluding tert-OH is 1. The average molecular weight is 453 g/mol. The molecule has 0 radical (unpaired) electrons. The fraction of sp³-hybridized carbons (Fsp3) is 0.333. The van der Waals surface area contributed by atoms with Crippen molar-refractivity contribution in [2.75, 3.05) is 6.61 Å². The molecule has 3 aromatic rings. The Hall–Kier alpha value is -2.61. The van der Waals surface area contributed by atoms with E-state index in [0.29, 0.717) is 6.61 Å². The van der Waals surface area contributed by atoms with Gasteiger partial charge in [0.2, 0.25) is 0 Å². The Labute approximate surface area is 193 Å². The van der Waals surface area contributed by atoms with E-state index < -0.39 is 30.8 Å². The molecule has 1 N–H and O–H groups in total. The van der Waals surface area contributed by atoms with Crippen molar-refractivity contribution in [1.82, 2.24) is 0 Å². The van der Waals surface area contributed by atoms with Gasteiger partial charge in [-0.15, -0.1) is 0 Å². The van der Waals surface area contributed by atoms with Crippen molar-refractivity contribution in [2.45, 2.75) is 50.6 Å². The highest BCUT2D eigenvalue weighted by atomic mass is 19.1. The van der Waals surface area contributed by atoms with E-state index in [2.05, 4.69) is 0 Å². The van der Waals surface area contributed by atoms with E-state index in [4.69, 9.17) is 18.9 Å². The van der Waals surface area contributed by atoms with E-state index in [0.717, 1.165) is 16.7 Å². The van der Waals surface area contributed by atoms with Crippen LogP contribution in [0.3, 0.4) is 0 Å². The van der Waals surface area contributed by atoms with E-state index >= 15 is 4.39 Å². The lowest BCUT2D eigenvalue weighted by Crippen LogP contribution is -2.59. The highest BCUT2D eigenvalue weighted by Crippen LogP contribution is 2.29. The maximum absolute atomic E-state index is 15.1. The van der Waals surface area contributed by atoms with Crippen LogP contribution in [-0.2, 0) is 38.8 Å². The van der Waals surface area contributed by atoms with Gasteiger partial charge in [-0.1, -0.05) is 91.0 Å². The second-order valence-electron chi connectivity index (χ2n) is 8.03. The molecule has 3 aromatic carbocycles. The summed E-state index contributed by atoms with van der Waals surface area (Å²) in [6.07, 6.45) is -5.83. The van der Waals surface area contributed by atoms with Gasteiger partial charge in [0, 0.05) is 0 Å². The second kappa shape index (κ2) is 12.0. The number of rotatable bonds is 10. The van der Waals surface area contributed by atoms with Gasteiger partial charge in [0.15, 0.2) is 12.5 Å². The van der Waals surface area contributed by atoms with Crippen molar-refractivity contribution in [1.29, 1.82) is 0 Å². The smallest absolute Gasteiger partial charge is 0.189 e. The van der Waals surface area contributed by atoms with Gasteiger partial charge >= 0.3 is 0 Å². The Kier molecular flexibility index (Phi) is 8.58. The van der Waals surface area contributed by atoms with E-state index in [-0.39, 0.29) is 19.8 Å². The minimum atomic E-state index is -1.75. The number of hydrogen-bond donors (Lipinski definition) is 1. The summed E-state index contributed by atoms with van der Waals surface area (Å²) in [7, 11) is 0. The summed E-state index contributed by atoms with van der Waals surface area (Å²) in [5.74, 6) is 0. The fourth-order valence-electron chi connectivity index (χ4n) is 3.81. The van der Waals surface area contributed by atoms with Crippen LogP contribution in [0.4, 0.5) is 4.39 Å². The summed E-state index contributed by atoms with van der Waals surface area (Å²) < 4.78 is 38.5. The molecular weight excluding hydrogens is 423 g/mol. The molecule has 0 aromatic heterocycles. The summed E-state index contributed by atoms with van der Waals surface area (Å²) in [6, 6.07) is 28.9. The third kappa shape index (κ3) is 6.69. The van der Waals surface area contributed by atoms with Crippen LogP contribution < -0.4 is 0 Å². The molecule has 1 aliphatic rings. The van der Waals surface area contributed by atoms with Gasteiger partial charge < -0.3 is 24.1 Å². The minimum Gasteiger partial charge on any atom is -0.374 e. The van der Waals surface area contributed by atoms with Crippen LogP contribution in [0.5, 0.6) is 0 Å². The maximum Gasteiger partial charge on any atom is 0.189 e. The topological polar surface area (TPSA) is 57.2 Å². The van der Waals surface area contributed by atoms with Crippen LogP contribution in [0.15, 0.2) is 91.0 Å². The zero-order chi connectivity index (χ0) is 22.9. The van der Waals surface area contributed by atoms with Crippen LogP contribution in [0.25, 0.3) is 0 Å². The van der Waals surface area contributed by atoms with Crippen LogP contribution in [0.2, 0.25) is 0 Å². The summed E-state index contributed by atoms with van der Waals surface area (Å²) in [5.41, 5.74) is 2.87. The molecule has 6 heteroatoms. The molecule has 1 unspecified atom stereocenters. The number of halogens is 1. The predicted molar refractivity (Wildman–Crippen MR) is 122 cm³/mol. The molecule has 1 fully saturated rings. The molecule has 1 saturated heterocycles. The van der Waals surface area contributed by atoms with Gasteiger partial charge in [-0.05, 0) is 16.7 Å². The molecule has 1 aliphatic heterocycles. The second-order valence-corrected chi connectivity index (χ2v) is 8.03. The van der Waals surface area contributed by atoms with Gasteiger partial charge in [-0.2, -0.15) is 0 Å². The Morgan fingerprint density at radius 2 is 1.12 bits per heavy atom. The molecule has 5 nitrogen and oxygen atoms in total. The molecule has 1 heterocycles. The first kappa shape index (κ1) is 23.5. The highest BCUT2D eigenvalue weighted by Gasteiger charge is 2.47. The molecule has 33 heavy (non-hydrogen) atoms. The third-order valence-electron chi connectivity index (χ3n) is 5.55. The molecule has 174 valence electrons. The van der Waals surface area contributed by atoms with Crippen LogP contribution >= 0.6 is 0 Å². The normalized spacial score (nSPS) is 25.1. The SMILES string of the molecule is OC1O[C@H](COCc2ccccc2)[C@H](OCc2ccccc2)[C@H](OCc2ccccc2)[C@H]1F. The molecule has 5 atom stereocenters. The largest absolute Gasteiger partial charge is 0.374 e. The quantitative estimate of drug-likeness (QED) is 0.493. The van der Waals surface area contributed by atoms with Gasteiger partial charge in [0.25, 0.3) is 0 Å². The third-order valence-corrected chi connectivity index (χ3v) is 5.55. The molecular formula is C27H29FO5. The van der Waals surface area contributed by atoms with Crippen molar-refractivity contribution in [2.24, 2.45) is 0 Å². The lowest BCUT2D eigenvalue weighted by molar-refractivity contribution is -0.293. The number of alkyl halides is 1. The van der Waals surface area contributed by atoms with Gasteiger partial charge in [0.05, 0.1) is 26.4 Å². The van der Waals surface area contributed by atoms with Crippen molar-refractivity contribution in [3.05, 3.63) is 108 Å². The van der Waals surface area contributed by atoms with Crippen molar-refractivity contribution in [3.63, 3.8) is 0 Å². The van der Waals surface area contributed by atoms with Crippen molar-refractivity contribution >= 4 is 0 Å². The minimum absolute atomic E-state index is 0.128. The Morgan fingerprint density at radius 1 is 0.667 bits per heavy atom. The van der Waals surface area contributed by atoms with Crippen molar-refractivity contribution < 1.29 is 28.4 Å². The van der Waals surface area contributed by atoms with Crippen LogP contribution in [0, 0.1) is 0 Å². The molecule has 0 saturated carbocycles. The van der Waals surface area contributed by atoms with E-state index in [9.17, 15) is 5.11 Å². The van der Waals surface area contributed by atoms with Crippen molar-refractivity contribution in [3.8, 4) is 0 Å². The van der Waals surface area contributed by atoms with E-state index in [1.165, 1.54) is 0 Å². The van der Waals surface area contributed by atoms with Gasteiger partial charge in [-0.25, -0.2) is 4.39 Å². The predicted octanol–water partition coefficient (Wildman–Crippen LogP) is 4.43. The fourth-order valence-corrected chi connectivity index (χ4v) is 3.81. The monoisotopic (exact) mass is 452 g/mol. The molecule has 4 rings (SSSR count). The van der Waals surface area contributed by atoms with Crippen LogP contribution in [0.1, 0.15) is 16.7 Å². The first-order valence-electron chi connectivity index (χ1n) is 11.1. The number of aliphatic hydroxyl groups is 1. The van der Waals surface area contributed by atoms with Gasteiger partial charge in [0.1, 0.15) is 18.3 Å². The van der Waals surface area contributed by atoms with Crippen LogP contribution in [-0.4, -0.2) is 42.5 Å². The molecule has 0 spiro atoms. The number of benzene rings is 3. The highest BCUT2D eigenvalue weighted by molar-refractivity contribution is 5.15. The Bertz CT molecular complexity index is 941. The maximum atomic E-state index is 15.1. The first-order chi connectivity index (χ1) is 16.2. The Balaban J connectivity index is 1.46. The number of hydrogen-bond acceptors (Lipinski definition) is 5. The summed E-state index contributed by atoms with van der Waals surface area (Å²) in [4.78, 5) is 0. The summed E-state index contributed by atoms with van der Waals surface area (Å²) >= 11 is 0. The first-order valence-corrected chi connectivity index (χ1v) is 11.1. The Morgan fingerprint density at radius 3 is 1.64 bits per heavy atom. The summed E-state index contributed by atoms with van der Waals surface area (Å²) in [6.45, 7) is 0.958. The van der Waals surface area contributed by atoms with E-state index in [1.807, 2.05) is 91.0 Å².